The highest BCUT2D eigenvalue weighted by molar-refractivity contribution is 9.10. The predicted octanol–water partition coefficient (Wildman–Crippen LogP) is 4.20. The Morgan fingerprint density at radius 2 is 1.88 bits per heavy atom. The minimum absolute atomic E-state index is 0.0707. The Morgan fingerprint density at radius 1 is 1.29 bits per heavy atom. The fourth-order valence-corrected chi connectivity index (χ4v) is 2.77. The van der Waals surface area contributed by atoms with Crippen LogP contribution in [0.3, 0.4) is 0 Å². The molecule has 0 aliphatic heterocycles. The Kier molecular flexibility index (Phi) is 5.64. The van der Waals surface area contributed by atoms with Gasteiger partial charge in [-0.15, -0.1) is 0 Å². The number of rotatable bonds is 3. The molecule has 1 aromatic carbocycles. The molecule has 1 aliphatic rings. The normalized spacial score (nSPS) is 15.9. The van der Waals surface area contributed by atoms with Crippen molar-refractivity contribution in [3.63, 3.8) is 0 Å². The number of anilines is 1. The van der Waals surface area contributed by atoms with E-state index in [0.717, 1.165) is 6.07 Å². The minimum Gasteiger partial charge on any atom is -0.357 e. The average Bonchev–Trinajstić information content (AvgIpc) is 3.21. The van der Waals surface area contributed by atoms with Gasteiger partial charge >= 0.3 is 5.66 Å². The zero-order valence-corrected chi connectivity index (χ0v) is 14.8. The fraction of sp³-hybridized carbons (Fsp3) is 0.385. The van der Waals surface area contributed by atoms with Crippen LogP contribution in [0.4, 0.5) is 23.5 Å². The predicted molar refractivity (Wildman–Crippen MR) is 86.2 cm³/mol. The molecule has 1 aromatic heterocycles. The summed E-state index contributed by atoms with van der Waals surface area (Å²) in [4.78, 5) is 25.7. The summed E-state index contributed by atoms with van der Waals surface area (Å²) >= 11 is 2.99. The summed E-state index contributed by atoms with van der Waals surface area (Å²) < 4.78 is 49.7. The number of hydrogen-bond donors (Lipinski definition) is 3. The van der Waals surface area contributed by atoms with Crippen LogP contribution in [0.5, 0.6) is 0 Å². The van der Waals surface area contributed by atoms with E-state index in [4.69, 9.17) is 9.79 Å². The Balaban J connectivity index is 0.000000355. The molecule has 0 saturated heterocycles. The number of hydrogen-bond acceptors (Lipinski definition) is 5. The van der Waals surface area contributed by atoms with Gasteiger partial charge in [0.2, 0.25) is 20.2 Å². The Hall–Kier alpha value is -1.09. The first-order valence-electron chi connectivity index (χ1n) is 6.65. The van der Waals surface area contributed by atoms with Crippen molar-refractivity contribution in [1.82, 2.24) is 9.97 Å². The van der Waals surface area contributed by atoms with Crippen LogP contribution >= 0.6 is 24.3 Å². The first-order chi connectivity index (χ1) is 11.1. The lowest BCUT2D eigenvalue weighted by atomic mass is 10.1. The van der Waals surface area contributed by atoms with Crippen LogP contribution in [0.15, 0.2) is 22.8 Å². The van der Waals surface area contributed by atoms with Crippen molar-refractivity contribution in [3.8, 4) is 0 Å². The molecule has 132 valence electrons. The lowest BCUT2D eigenvalue weighted by Gasteiger charge is -2.19. The maximum atomic E-state index is 13.7. The molecule has 1 saturated carbocycles. The number of alkyl halides is 4. The molecule has 0 atom stereocenters. The smallest absolute Gasteiger partial charge is 0.340 e. The molecule has 0 bridgehead atoms. The second kappa shape index (κ2) is 7.03. The zero-order valence-electron chi connectivity index (χ0n) is 12.3. The molecule has 1 aliphatic carbocycles. The van der Waals surface area contributed by atoms with Gasteiger partial charge in [0.15, 0.2) is 0 Å². The van der Waals surface area contributed by atoms with Gasteiger partial charge < -0.3 is 15.1 Å². The molecule has 0 unspecified atom stereocenters. The third kappa shape index (κ3) is 4.50. The molecule has 11 heteroatoms. The van der Waals surface area contributed by atoms with Crippen LogP contribution in [-0.2, 0) is 5.66 Å². The Morgan fingerprint density at radius 3 is 2.33 bits per heavy atom. The van der Waals surface area contributed by atoms with E-state index in [-0.39, 0.29) is 22.8 Å². The van der Waals surface area contributed by atoms with Gasteiger partial charge in [-0.25, -0.2) is 18.7 Å². The van der Waals surface area contributed by atoms with Crippen molar-refractivity contribution in [2.45, 2.75) is 24.4 Å². The number of nitrogens with zero attached hydrogens (tertiary/aromatic N) is 2. The van der Waals surface area contributed by atoms with E-state index in [2.05, 4.69) is 31.2 Å². The molecule has 0 amide bonds. The summed E-state index contributed by atoms with van der Waals surface area (Å²) in [6.07, 6.45) is 1.72. The third-order valence-corrected chi connectivity index (χ3v) is 4.49. The van der Waals surface area contributed by atoms with E-state index >= 15 is 0 Å². The summed E-state index contributed by atoms with van der Waals surface area (Å²) in [6.45, 7) is 0. The van der Waals surface area contributed by atoms with Crippen LogP contribution in [0, 0.1) is 0 Å². The van der Waals surface area contributed by atoms with E-state index < -0.39 is 25.5 Å². The van der Waals surface area contributed by atoms with Crippen LogP contribution < -0.4 is 5.32 Å². The average molecular weight is 430 g/mol. The lowest BCUT2D eigenvalue weighted by Crippen LogP contribution is -2.11. The molecular weight excluding hydrogens is 417 g/mol. The topological polar surface area (TPSA) is 78.3 Å². The Bertz CT molecular complexity index is 742. The van der Waals surface area contributed by atoms with Gasteiger partial charge in [-0.2, -0.15) is 8.78 Å². The van der Waals surface area contributed by atoms with E-state index in [1.807, 2.05) is 0 Å². The summed E-state index contributed by atoms with van der Waals surface area (Å²) in [5.41, 5.74) is -3.96. The van der Waals surface area contributed by atoms with Gasteiger partial charge in [-0.05, 0) is 12.1 Å². The van der Waals surface area contributed by atoms with Crippen molar-refractivity contribution in [2.24, 2.45) is 0 Å². The largest absolute Gasteiger partial charge is 0.357 e. The third-order valence-electron chi connectivity index (χ3n) is 3.10. The standard InChI is InChI=1S/C10H9BrF2N3O2P.C3H4F2/c1-14-9-15-4-5-2-7(11)6(3-8(5)16-9)10(12,13)19(17)18;4-3(5)1-2-3/h2-4,17-18H,1H3,(H,14,15,16);1-2H2. The molecule has 24 heavy (non-hydrogen) atoms. The molecule has 3 rings (SSSR count). The maximum absolute atomic E-state index is 13.7. The van der Waals surface area contributed by atoms with Crippen molar-refractivity contribution in [2.75, 3.05) is 12.4 Å². The fourth-order valence-electron chi connectivity index (χ4n) is 1.60. The van der Waals surface area contributed by atoms with Crippen LogP contribution in [0.25, 0.3) is 10.9 Å². The SMILES string of the molecule is CNc1ncc2cc(Br)c(C(F)(F)P(O)O)cc2n1.FC1(F)CC1. The molecular formula is C13H13BrF4N3O2P. The summed E-state index contributed by atoms with van der Waals surface area (Å²) in [5, 5.41) is 3.26. The minimum atomic E-state index is -3.73. The van der Waals surface area contributed by atoms with Gasteiger partial charge in [0.1, 0.15) is 0 Å². The van der Waals surface area contributed by atoms with E-state index in [1.54, 1.807) is 7.05 Å². The number of halogens is 5. The van der Waals surface area contributed by atoms with E-state index in [9.17, 15) is 17.6 Å². The number of fused-ring (bicyclic) bond motifs is 1. The van der Waals surface area contributed by atoms with Gasteiger partial charge in [-0.3, -0.25) is 0 Å². The van der Waals surface area contributed by atoms with Crippen molar-refractivity contribution < 1.29 is 27.3 Å². The zero-order chi connectivity index (χ0) is 18.1. The first-order valence-corrected chi connectivity index (χ1v) is 8.69. The quantitative estimate of drug-likeness (QED) is 0.503. The van der Waals surface area contributed by atoms with Gasteiger partial charge in [0.25, 0.3) is 0 Å². The second-order valence-electron chi connectivity index (χ2n) is 5.02. The van der Waals surface area contributed by atoms with Crippen molar-refractivity contribution in [1.29, 1.82) is 0 Å². The molecule has 3 N–H and O–H groups in total. The highest BCUT2D eigenvalue weighted by atomic mass is 79.9. The molecule has 0 radical (unpaired) electrons. The van der Waals surface area contributed by atoms with E-state index in [0.29, 0.717) is 11.3 Å². The summed E-state index contributed by atoms with van der Waals surface area (Å²) in [6, 6.07) is 2.53. The Labute approximate surface area is 144 Å². The van der Waals surface area contributed by atoms with Crippen molar-refractivity contribution in [3.05, 3.63) is 28.4 Å². The number of aromatic nitrogens is 2. The second-order valence-corrected chi connectivity index (χ2v) is 7.02. The van der Waals surface area contributed by atoms with Crippen LogP contribution in [0.2, 0.25) is 0 Å². The first kappa shape index (κ1) is 19.2. The molecule has 2 aromatic rings. The van der Waals surface area contributed by atoms with Gasteiger partial charge in [-0.1, -0.05) is 15.9 Å². The molecule has 1 fully saturated rings. The highest BCUT2D eigenvalue weighted by Gasteiger charge is 2.43. The van der Waals surface area contributed by atoms with Gasteiger partial charge in [0, 0.05) is 41.5 Å². The maximum Gasteiger partial charge on any atom is 0.340 e. The van der Waals surface area contributed by atoms with Crippen LogP contribution in [-0.4, -0.2) is 32.7 Å². The lowest BCUT2D eigenvalue weighted by molar-refractivity contribution is 0.0726. The van der Waals surface area contributed by atoms with Crippen molar-refractivity contribution >= 4 is 41.2 Å². The molecule has 1 heterocycles. The van der Waals surface area contributed by atoms with Gasteiger partial charge in [0.05, 0.1) is 5.52 Å². The van der Waals surface area contributed by atoms with E-state index in [1.165, 1.54) is 12.3 Å². The molecule has 5 nitrogen and oxygen atoms in total. The monoisotopic (exact) mass is 429 g/mol. The summed E-state index contributed by atoms with van der Waals surface area (Å²) in [5.74, 6) is -1.96. The number of nitrogens with one attached hydrogen (secondary N) is 1. The summed E-state index contributed by atoms with van der Waals surface area (Å²) in [7, 11) is -1.82. The molecule has 0 spiro atoms. The van der Waals surface area contributed by atoms with Crippen LogP contribution in [0.1, 0.15) is 18.4 Å². The highest BCUT2D eigenvalue weighted by Crippen LogP contribution is 2.54. The number of benzene rings is 1.